The van der Waals surface area contributed by atoms with Gasteiger partial charge in [0, 0.05) is 5.69 Å². The molecule has 1 amide bonds. The van der Waals surface area contributed by atoms with Crippen molar-refractivity contribution in [3.63, 3.8) is 0 Å². The van der Waals surface area contributed by atoms with Crippen molar-refractivity contribution in [3.8, 4) is 0 Å². The molecular weight excluding hydrogens is 418 g/mol. The lowest BCUT2D eigenvalue weighted by molar-refractivity contribution is -0.140. The summed E-state index contributed by atoms with van der Waals surface area (Å²) >= 11 is 5.62. The van der Waals surface area contributed by atoms with Gasteiger partial charge in [0.15, 0.2) is 0 Å². The third kappa shape index (κ3) is 3.98. The van der Waals surface area contributed by atoms with Crippen LogP contribution in [0.1, 0.15) is 23.2 Å². The van der Waals surface area contributed by atoms with Gasteiger partial charge >= 0.3 is 5.97 Å². The van der Waals surface area contributed by atoms with E-state index in [1.54, 1.807) is 0 Å². The highest BCUT2D eigenvalue weighted by atomic mass is 35.5. The molecule has 1 aliphatic rings. The molecule has 148 valence electrons. The standard InChI is InChI=1S/C17H13ClF2N2O5S/c18-12-7-9(1-3-14(12)20)21-15(23)11-8-10(2-4-13(11)19)28(26,27)22-17(5-6-17)16(24)25/h1-4,7-8,22H,5-6H2,(H,21,23)(H,24,25). The number of carboxylic acids is 1. The number of halogens is 3. The highest BCUT2D eigenvalue weighted by Crippen LogP contribution is 2.37. The molecule has 2 aromatic rings. The number of hydrogen-bond donors (Lipinski definition) is 3. The first kappa shape index (κ1) is 20.2. The third-order valence-corrected chi connectivity index (χ3v) is 5.98. The fourth-order valence-corrected chi connectivity index (χ4v) is 4.04. The number of amides is 1. The topological polar surface area (TPSA) is 113 Å². The lowest BCUT2D eigenvalue weighted by atomic mass is 10.2. The van der Waals surface area contributed by atoms with E-state index < -0.39 is 49.5 Å². The van der Waals surface area contributed by atoms with Crippen LogP contribution in [0.4, 0.5) is 14.5 Å². The number of sulfonamides is 1. The van der Waals surface area contributed by atoms with E-state index in [2.05, 4.69) is 10.0 Å². The second-order valence-corrected chi connectivity index (χ2v) is 8.31. The van der Waals surface area contributed by atoms with E-state index in [1.807, 2.05) is 0 Å². The number of nitrogens with one attached hydrogen (secondary N) is 2. The predicted octanol–water partition coefficient (Wildman–Crippen LogP) is 2.77. The fourth-order valence-electron chi connectivity index (χ4n) is 2.42. The summed E-state index contributed by atoms with van der Waals surface area (Å²) in [6, 6.07) is 5.79. The average Bonchev–Trinajstić information content (AvgIpc) is 3.38. The van der Waals surface area contributed by atoms with Crippen molar-refractivity contribution in [1.29, 1.82) is 0 Å². The molecular formula is C17H13ClF2N2O5S. The third-order valence-electron chi connectivity index (χ3n) is 4.16. The molecule has 2 aromatic carbocycles. The first-order chi connectivity index (χ1) is 13.0. The highest BCUT2D eigenvalue weighted by Gasteiger charge is 2.53. The van der Waals surface area contributed by atoms with E-state index >= 15 is 0 Å². The largest absolute Gasteiger partial charge is 0.480 e. The van der Waals surface area contributed by atoms with Gasteiger partial charge < -0.3 is 10.4 Å². The minimum absolute atomic E-state index is 0.0741. The van der Waals surface area contributed by atoms with Gasteiger partial charge in [0.1, 0.15) is 17.2 Å². The van der Waals surface area contributed by atoms with Gasteiger partial charge in [-0.3, -0.25) is 9.59 Å². The summed E-state index contributed by atoms with van der Waals surface area (Å²) in [5.41, 5.74) is -2.10. The van der Waals surface area contributed by atoms with Crippen LogP contribution in [0.15, 0.2) is 41.3 Å². The zero-order valence-electron chi connectivity index (χ0n) is 14.0. The van der Waals surface area contributed by atoms with Crippen LogP contribution in [0, 0.1) is 11.6 Å². The molecule has 0 saturated heterocycles. The maximum Gasteiger partial charge on any atom is 0.324 e. The number of rotatable bonds is 6. The van der Waals surface area contributed by atoms with Crippen LogP contribution in [0.5, 0.6) is 0 Å². The van der Waals surface area contributed by atoms with Gasteiger partial charge in [-0.2, -0.15) is 4.72 Å². The monoisotopic (exact) mass is 430 g/mol. The van der Waals surface area contributed by atoms with Gasteiger partial charge in [0.25, 0.3) is 5.91 Å². The Bertz CT molecular complexity index is 1090. The number of benzene rings is 2. The van der Waals surface area contributed by atoms with Crippen LogP contribution in [-0.2, 0) is 14.8 Å². The highest BCUT2D eigenvalue weighted by molar-refractivity contribution is 7.89. The van der Waals surface area contributed by atoms with Crippen molar-refractivity contribution in [2.45, 2.75) is 23.3 Å². The van der Waals surface area contributed by atoms with Crippen LogP contribution in [0.25, 0.3) is 0 Å². The second-order valence-electron chi connectivity index (χ2n) is 6.22. The molecule has 7 nitrogen and oxygen atoms in total. The molecule has 28 heavy (non-hydrogen) atoms. The minimum atomic E-state index is -4.31. The summed E-state index contributed by atoms with van der Waals surface area (Å²) in [7, 11) is -4.31. The van der Waals surface area contributed by atoms with Crippen LogP contribution >= 0.6 is 11.6 Å². The second kappa shape index (κ2) is 7.12. The Hall–Kier alpha value is -2.56. The predicted molar refractivity (Wildman–Crippen MR) is 95.7 cm³/mol. The first-order valence-corrected chi connectivity index (χ1v) is 9.73. The van der Waals surface area contributed by atoms with Gasteiger partial charge in [-0.25, -0.2) is 17.2 Å². The Balaban J connectivity index is 1.87. The van der Waals surface area contributed by atoms with Crippen molar-refractivity contribution in [2.24, 2.45) is 0 Å². The van der Waals surface area contributed by atoms with Crippen LogP contribution < -0.4 is 10.0 Å². The fraction of sp³-hybridized carbons (Fsp3) is 0.176. The summed E-state index contributed by atoms with van der Waals surface area (Å²) in [4.78, 5) is 23.0. The maximum atomic E-state index is 14.1. The van der Waals surface area contributed by atoms with Gasteiger partial charge in [0.2, 0.25) is 10.0 Å². The Labute approximate surface area is 163 Å². The minimum Gasteiger partial charge on any atom is -0.480 e. The Kier molecular flexibility index (Phi) is 5.13. The Morgan fingerprint density at radius 3 is 2.29 bits per heavy atom. The van der Waals surface area contributed by atoms with Gasteiger partial charge in [-0.15, -0.1) is 0 Å². The summed E-state index contributed by atoms with van der Waals surface area (Å²) in [6.07, 6.45) is 0.253. The van der Waals surface area contributed by atoms with E-state index in [4.69, 9.17) is 16.7 Å². The van der Waals surface area contributed by atoms with Crippen LogP contribution in [0.3, 0.4) is 0 Å². The molecule has 3 rings (SSSR count). The van der Waals surface area contributed by atoms with E-state index in [9.17, 15) is 26.8 Å². The Morgan fingerprint density at radius 1 is 1.07 bits per heavy atom. The average molecular weight is 431 g/mol. The number of carbonyl (C=O) groups is 2. The van der Waals surface area contributed by atoms with E-state index in [1.165, 1.54) is 6.07 Å². The molecule has 1 aliphatic carbocycles. The molecule has 0 aromatic heterocycles. The number of carboxylic acid groups (broad SMARTS) is 1. The quantitative estimate of drug-likeness (QED) is 0.652. The maximum absolute atomic E-state index is 14.1. The molecule has 0 bridgehead atoms. The van der Waals surface area contributed by atoms with Crippen molar-refractivity contribution in [2.75, 3.05) is 5.32 Å². The number of anilines is 1. The van der Waals surface area contributed by atoms with Gasteiger partial charge in [0.05, 0.1) is 15.5 Å². The summed E-state index contributed by atoms with van der Waals surface area (Å²) in [6.45, 7) is 0. The van der Waals surface area contributed by atoms with Crippen molar-refractivity contribution < 1.29 is 31.9 Å². The molecule has 0 aliphatic heterocycles. The molecule has 0 radical (unpaired) electrons. The summed E-state index contributed by atoms with van der Waals surface area (Å²) in [5.74, 6) is -4.01. The van der Waals surface area contributed by atoms with E-state index in [0.29, 0.717) is 0 Å². The number of carbonyl (C=O) groups excluding carboxylic acids is 1. The normalized spacial score (nSPS) is 15.1. The molecule has 0 atom stereocenters. The lowest BCUT2D eigenvalue weighted by Crippen LogP contribution is -2.43. The van der Waals surface area contributed by atoms with Crippen molar-refractivity contribution in [3.05, 3.63) is 58.6 Å². The zero-order chi connectivity index (χ0) is 20.7. The molecule has 1 fully saturated rings. The molecule has 3 N–H and O–H groups in total. The molecule has 0 spiro atoms. The summed E-state index contributed by atoms with van der Waals surface area (Å²) in [5, 5.41) is 11.1. The van der Waals surface area contributed by atoms with Crippen LogP contribution in [0.2, 0.25) is 5.02 Å². The molecule has 0 heterocycles. The Morgan fingerprint density at radius 2 is 1.71 bits per heavy atom. The van der Waals surface area contributed by atoms with Crippen LogP contribution in [-0.4, -0.2) is 30.9 Å². The van der Waals surface area contributed by atoms with Crippen molar-refractivity contribution >= 4 is 39.2 Å². The van der Waals surface area contributed by atoms with E-state index in [-0.39, 0.29) is 23.6 Å². The van der Waals surface area contributed by atoms with Gasteiger partial charge in [-0.1, -0.05) is 11.6 Å². The van der Waals surface area contributed by atoms with Gasteiger partial charge in [-0.05, 0) is 49.2 Å². The molecule has 0 unspecified atom stereocenters. The number of aliphatic carboxylic acids is 1. The number of hydrogen-bond acceptors (Lipinski definition) is 4. The SMILES string of the molecule is O=C(Nc1ccc(F)c(Cl)c1)c1cc(S(=O)(=O)NC2(C(=O)O)CC2)ccc1F. The molecule has 11 heteroatoms. The molecule has 1 saturated carbocycles. The summed E-state index contributed by atoms with van der Waals surface area (Å²) < 4.78 is 54.2. The van der Waals surface area contributed by atoms with E-state index in [0.717, 1.165) is 30.3 Å². The smallest absolute Gasteiger partial charge is 0.324 e. The first-order valence-electron chi connectivity index (χ1n) is 7.87. The lowest BCUT2D eigenvalue weighted by Gasteiger charge is -2.14. The van der Waals surface area contributed by atoms with Crippen molar-refractivity contribution in [1.82, 2.24) is 4.72 Å². The zero-order valence-corrected chi connectivity index (χ0v) is 15.6.